The lowest BCUT2D eigenvalue weighted by atomic mass is 9.81. The van der Waals surface area contributed by atoms with Gasteiger partial charge in [-0.15, -0.1) is 0 Å². The van der Waals surface area contributed by atoms with E-state index in [9.17, 15) is 5.11 Å². The highest BCUT2D eigenvalue weighted by molar-refractivity contribution is 4.82. The minimum absolute atomic E-state index is 0.327. The molecule has 2 heteroatoms. The highest BCUT2D eigenvalue weighted by atomic mass is 16.5. The Labute approximate surface area is 81.3 Å². The van der Waals surface area contributed by atoms with Crippen LogP contribution in [0, 0.1) is 5.41 Å². The van der Waals surface area contributed by atoms with E-state index in [0.29, 0.717) is 5.41 Å². The molecule has 13 heavy (non-hydrogen) atoms. The summed E-state index contributed by atoms with van der Waals surface area (Å²) in [5.74, 6) is 0. The lowest BCUT2D eigenvalue weighted by Gasteiger charge is -2.34. The molecule has 0 atom stereocenters. The van der Waals surface area contributed by atoms with Crippen molar-refractivity contribution in [2.24, 2.45) is 5.41 Å². The van der Waals surface area contributed by atoms with E-state index in [1.54, 1.807) is 0 Å². The van der Waals surface area contributed by atoms with Crippen molar-refractivity contribution >= 4 is 0 Å². The van der Waals surface area contributed by atoms with Gasteiger partial charge >= 0.3 is 0 Å². The molecule has 1 rings (SSSR count). The molecular weight excluding hydrogens is 164 g/mol. The third kappa shape index (κ3) is 4.10. The summed E-state index contributed by atoms with van der Waals surface area (Å²) in [5.41, 5.74) is -0.112. The summed E-state index contributed by atoms with van der Waals surface area (Å²) in [6.07, 6.45) is 3.62. The van der Waals surface area contributed by atoms with Crippen molar-refractivity contribution in [3.8, 4) is 0 Å². The molecule has 2 nitrogen and oxygen atoms in total. The van der Waals surface area contributed by atoms with E-state index in [4.69, 9.17) is 4.74 Å². The topological polar surface area (TPSA) is 29.5 Å². The van der Waals surface area contributed by atoms with Crippen LogP contribution in [0.5, 0.6) is 0 Å². The highest BCUT2D eigenvalue weighted by Gasteiger charge is 2.30. The highest BCUT2D eigenvalue weighted by Crippen LogP contribution is 2.31. The van der Waals surface area contributed by atoms with E-state index in [1.165, 1.54) is 0 Å². The first kappa shape index (κ1) is 11.0. The second kappa shape index (κ2) is 3.97. The first-order chi connectivity index (χ1) is 5.91. The Morgan fingerprint density at radius 3 is 2.23 bits per heavy atom. The zero-order valence-corrected chi connectivity index (χ0v) is 9.10. The van der Waals surface area contributed by atoms with Gasteiger partial charge in [0.25, 0.3) is 0 Å². The third-order valence-electron chi connectivity index (χ3n) is 2.76. The Kier molecular flexibility index (Phi) is 3.36. The first-order valence-electron chi connectivity index (χ1n) is 5.22. The molecule has 78 valence electrons. The van der Waals surface area contributed by atoms with E-state index >= 15 is 0 Å². The monoisotopic (exact) mass is 186 g/mol. The minimum Gasteiger partial charge on any atom is -0.390 e. The van der Waals surface area contributed by atoms with Gasteiger partial charge in [0.2, 0.25) is 0 Å². The number of hydrogen-bond acceptors (Lipinski definition) is 2. The van der Waals surface area contributed by atoms with Gasteiger partial charge in [0.1, 0.15) is 0 Å². The van der Waals surface area contributed by atoms with Crippen LogP contribution < -0.4 is 0 Å². The van der Waals surface area contributed by atoms with Crippen molar-refractivity contribution in [3.63, 3.8) is 0 Å². The van der Waals surface area contributed by atoms with Crippen LogP contribution >= 0.6 is 0 Å². The van der Waals surface area contributed by atoms with Crippen LogP contribution in [0.4, 0.5) is 0 Å². The third-order valence-corrected chi connectivity index (χ3v) is 2.76. The zero-order chi connectivity index (χ0) is 9.95. The maximum Gasteiger partial charge on any atom is 0.0691 e. The molecule has 0 aliphatic carbocycles. The van der Waals surface area contributed by atoms with Crippen molar-refractivity contribution in [1.29, 1.82) is 0 Å². The Balaban J connectivity index is 2.33. The average Bonchev–Trinajstić information content (AvgIpc) is 2.02. The summed E-state index contributed by atoms with van der Waals surface area (Å²) >= 11 is 0. The fourth-order valence-corrected chi connectivity index (χ4v) is 1.61. The van der Waals surface area contributed by atoms with Crippen LogP contribution in [0.1, 0.15) is 46.5 Å². The van der Waals surface area contributed by atoms with E-state index in [1.807, 2.05) is 0 Å². The average molecular weight is 186 g/mol. The summed E-state index contributed by atoms with van der Waals surface area (Å²) in [4.78, 5) is 0. The van der Waals surface area contributed by atoms with Crippen LogP contribution in [-0.2, 0) is 4.74 Å². The van der Waals surface area contributed by atoms with Crippen molar-refractivity contribution in [1.82, 2.24) is 0 Å². The standard InChI is InChI=1S/C11H22O2/c1-10(2,3)4-5-11(12)6-8-13-9-7-11/h12H,4-9H2,1-3H3. The largest absolute Gasteiger partial charge is 0.390 e. The fraction of sp³-hybridized carbons (Fsp3) is 1.00. The van der Waals surface area contributed by atoms with Crippen molar-refractivity contribution in [2.45, 2.75) is 52.1 Å². The number of aliphatic hydroxyl groups is 1. The zero-order valence-electron chi connectivity index (χ0n) is 9.10. The Morgan fingerprint density at radius 1 is 1.23 bits per heavy atom. The van der Waals surface area contributed by atoms with Gasteiger partial charge in [-0.05, 0) is 31.1 Å². The smallest absolute Gasteiger partial charge is 0.0691 e. The number of ether oxygens (including phenoxy) is 1. The Morgan fingerprint density at radius 2 is 1.77 bits per heavy atom. The Bertz CT molecular complexity index is 152. The molecule has 0 unspecified atom stereocenters. The predicted molar refractivity (Wildman–Crippen MR) is 53.7 cm³/mol. The fourth-order valence-electron chi connectivity index (χ4n) is 1.61. The van der Waals surface area contributed by atoms with Crippen LogP contribution in [0.3, 0.4) is 0 Å². The molecule has 0 bridgehead atoms. The molecule has 0 spiro atoms. The first-order valence-corrected chi connectivity index (χ1v) is 5.22. The van der Waals surface area contributed by atoms with Gasteiger partial charge in [0, 0.05) is 13.2 Å². The summed E-state index contributed by atoms with van der Waals surface area (Å²) in [7, 11) is 0. The molecule has 1 heterocycles. The van der Waals surface area contributed by atoms with Gasteiger partial charge in [-0.25, -0.2) is 0 Å². The quantitative estimate of drug-likeness (QED) is 0.717. The maximum absolute atomic E-state index is 10.2. The minimum atomic E-state index is -0.439. The Hall–Kier alpha value is -0.0800. The lowest BCUT2D eigenvalue weighted by Crippen LogP contribution is -2.36. The molecule has 0 aromatic carbocycles. The molecule has 0 amide bonds. The van der Waals surface area contributed by atoms with Gasteiger partial charge in [-0.3, -0.25) is 0 Å². The maximum atomic E-state index is 10.2. The van der Waals surface area contributed by atoms with Crippen molar-refractivity contribution in [3.05, 3.63) is 0 Å². The molecule has 0 aromatic rings. The molecule has 1 saturated heterocycles. The van der Waals surface area contributed by atoms with E-state index in [0.717, 1.165) is 38.9 Å². The summed E-state index contributed by atoms with van der Waals surface area (Å²) in [6, 6.07) is 0. The van der Waals surface area contributed by atoms with Crippen LogP contribution in [-0.4, -0.2) is 23.9 Å². The molecule has 1 aliphatic heterocycles. The normalized spacial score (nSPS) is 23.1. The lowest BCUT2D eigenvalue weighted by molar-refractivity contribution is -0.0725. The van der Waals surface area contributed by atoms with E-state index in [-0.39, 0.29) is 0 Å². The van der Waals surface area contributed by atoms with Gasteiger partial charge in [-0.2, -0.15) is 0 Å². The molecule has 1 N–H and O–H groups in total. The number of hydrogen-bond donors (Lipinski definition) is 1. The molecular formula is C11H22O2. The molecule has 0 saturated carbocycles. The van der Waals surface area contributed by atoms with Gasteiger partial charge in [0.05, 0.1) is 5.60 Å². The second-order valence-electron chi connectivity index (χ2n) is 5.40. The van der Waals surface area contributed by atoms with Gasteiger partial charge in [-0.1, -0.05) is 20.8 Å². The van der Waals surface area contributed by atoms with E-state index in [2.05, 4.69) is 20.8 Å². The molecule has 1 fully saturated rings. The molecule has 0 aromatic heterocycles. The van der Waals surface area contributed by atoms with Gasteiger partial charge < -0.3 is 9.84 Å². The summed E-state index contributed by atoms with van der Waals surface area (Å²) in [6.45, 7) is 8.10. The van der Waals surface area contributed by atoms with Crippen molar-refractivity contribution in [2.75, 3.05) is 13.2 Å². The SMILES string of the molecule is CC(C)(C)CCC1(O)CCOCC1. The van der Waals surface area contributed by atoms with Crippen LogP contribution in [0.25, 0.3) is 0 Å². The van der Waals surface area contributed by atoms with Crippen LogP contribution in [0.15, 0.2) is 0 Å². The second-order valence-corrected chi connectivity index (χ2v) is 5.40. The van der Waals surface area contributed by atoms with Gasteiger partial charge in [0.15, 0.2) is 0 Å². The molecule has 1 aliphatic rings. The summed E-state index contributed by atoms with van der Waals surface area (Å²) < 4.78 is 5.24. The van der Waals surface area contributed by atoms with Crippen LogP contribution in [0.2, 0.25) is 0 Å². The molecule has 0 radical (unpaired) electrons. The van der Waals surface area contributed by atoms with E-state index < -0.39 is 5.60 Å². The number of rotatable bonds is 2. The summed E-state index contributed by atoms with van der Waals surface area (Å²) in [5, 5.41) is 10.2. The predicted octanol–water partition coefficient (Wildman–Crippen LogP) is 2.35. The van der Waals surface area contributed by atoms with Crippen molar-refractivity contribution < 1.29 is 9.84 Å².